The van der Waals surface area contributed by atoms with Gasteiger partial charge in [0.05, 0.1) is 5.69 Å². The van der Waals surface area contributed by atoms with Crippen molar-refractivity contribution in [3.05, 3.63) is 28.7 Å². The fraction of sp³-hybridized carbons (Fsp3) is 0.500. The second-order valence-corrected chi connectivity index (χ2v) is 6.87. The first-order chi connectivity index (χ1) is 9.99. The van der Waals surface area contributed by atoms with Gasteiger partial charge in [-0.25, -0.2) is 0 Å². The number of hydrogen-bond acceptors (Lipinski definition) is 2. The van der Waals surface area contributed by atoms with Gasteiger partial charge in [0.2, 0.25) is 5.91 Å². The number of rotatable bonds is 3. The monoisotopic (exact) mass is 350 g/mol. The minimum atomic E-state index is -0.766. The van der Waals surface area contributed by atoms with E-state index in [0.717, 1.165) is 23.0 Å². The van der Waals surface area contributed by atoms with E-state index in [2.05, 4.69) is 21.2 Å². The van der Waals surface area contributed by atoms with Crippen LogP contribution in [0.2, 0.25) is 0 Å². The fourth-order valence-electron chi connectivity index (χ4n) is 3.13. The molecule has 1 aliphatic carbocycles. The second-order valence-electron chi connectivity index (χ2n) is 6.02. The van der Waals surface area contributed by atoms with Crippen LogP contribution in [0.3, 0.4) is 0 Å². The molecule has 2 fully saturated rings. The predicted molar refractivity (Wildman–Crippen MR) is 85.0 cm³/mol. The lowest BCUT2D eigenvalue weighted by Gasteiger charge is -2.44. The Morgan fingerprint density at radius 2 is 2.00 bits per heavy atom. The quantitative estimate of drug-likeness (QED) is 0.911. The van der Waals surface area contributed by atoms with Gasteiger partial charge in [0.15, 0.2) is 0 Å². The smallest absolute Gasteiger partial charge is 0.253 e. The van der Waals surface area contributed by atoms with E-state index in [-0.39, 0.29) is 17.7 Å². The first kappa shape index (κ1) is 14.6. The van der Waals surface area contributed by atoms with Crippen LogP contribution in [-0.4, -0.2) is 23.4 Å². The largest absolute Gasteiger partial charge is 0.340 e. The Balaban J connectivity index is 2.07. The minimum absolute atomic E-state index is 0.00310. The summed E-state index contributed by atoms with van der Waals surface area (Å²) in [7, 11) is 0. The van der Waals surface area contributed by atoms with E-state index < -0.39 is 11.6 Å². The predicted octanol–water partition coefficient (Wildman–Crippen LogP) is 2.86. The molecule has 0 spiro atoms. The van der Waals surface area contributed by atoms with E-state index in [1.54, 1.807) is 4.90 Å². The third-order valence-electron chi connectivity index (χ3n) is 4.55. The molecule has 1 N–H and O–H groups in total. The molecule has 1 aromatic carbocycles. The summed E-state index contributed by atoms with van der Waals surface area (Å²) in [5, 5.41) is 2.98. The minimum Gasteiger partial charge on any atom is -0.340 e. The molecular formula is C16H19BrN2O2. The van der Waals surface area contributed by atoms with Crippen molar-refractivity contribution < 1.29 is 9.59 Å². The molecule has 2 amide bonds. The van der Waals surface area contributed by atoms with Crippen molar-refractivity contribution in [2.24, 2.45) is 5.92 Å². The zero-order valence-electron chi connectivity index (χ0n) is 12.2. The zero-order valence-corrected chi connectivity index (χ0v) is 13.8. The highest BCUT2D eigenvalue weighted by Crippen LogP contribution is 2.44. The van der Waals surface area contributed by atoms with E-state index in [1.807, 2.05) is 38.1 Å². The van der Waals surface area contributed by atoms with Crippen molar-refractivity contribution in [2.45, 2.75) is 44.7 Å². The summed E-state index contributed by atoms with van der Waals surface area (Å²) in [4.78, 5) is 27.3. The van der Waals surface area contributed by atoms with Gasteiger partial charge in [0.1, 0.15) is 11.6 Å². The normalized spacial score (nSPS) is 29.5. The van der Waals surface area contributed by atoms with Crippen LogP contribution in [-0.2, 0) is 9.59 Å². The van der Waals surface area contributed by atoms with Gasteiger partial charge in [0.25, 0.3) is 5.91 Å². The Morgan fingerprint density at radius 1 is 1.33 bits per heavy atom. The first-order valence-electron chi connectivity index (χ1n) is 7.39. The maximum absolute atomic E-state index is 13.1. The van der Waals surface area contributed by atoms with Gasteiger partial charge >= 0.3 is 0 Å². The number of carbonyl (C=O) groups excluding carboxylic acids is 2. The van der Waals surface area contributed by atoms with Gasteiger partial charge in [-0.15, -0.1) is 0 Å². The number of nitrogens with zero attached hydrogens (tertiary/aromatic N) is 1. The average molecular weight is 351 g/mol. The van der Waals surface area contributed by atoms with E-state index in [4.69, 9.17) is 0 Å². The molecule has 2 aliphatic rings. The van der Waals surface area contributed by atoms with Crippen LogP contribution in [0.5, 0.6) is 0 Å². The molecule has 112 valence electrons. The zero-order chi connectivity index (χ0) is 15.2. The number of carbonyl (C=O) groups is 2. The lowest BCUT2D eigenvalue weighted by Crippen LogP contribution is -2.70. The highest BCUT2D eigenvalue weighted by molar-refractivity contribution is 9.10. The number of para-hydroxylation sites is 1. The number of nitrogens with one attached hydrogen (secondary N) is 1. The Bertz CT molecular complexity index is 600. The highest BCUT2D eigenvalue weighted by Gasteiger charge is 2.55. The van der Waals surface area contributed by atoms with Crippen molar-refractivity contribution >= 4 is 33.4 Å². The SMILES string of the molecule is CCC1C(=O)NC(C)(C2CC2)C(=O)N1c1ccccc1Br. The molecule has 4 nitrogen and oxygen atoms in total. The molecule has 21 heavy (non-hydrogen) atoms. The molecule has 5 heteroatoms. The lowest BCUT2D eigenvalue weighted by atomic mass is 9.88. The molecule has 1 saturated carbocycles. The highest BCUT2D eigenvalue weighted by atomic mass is 79.9. The molecule has 0 aromatic heterocycles. The average Bonchev–Trinajstić information content (AvgIpc) is 3.28. The summed E-state index contributed by atoms with van der Waals surface area (Å²) in [6.07, 6.45) is 2.60. The van der Waals surface area contributed by atoms with Crippen molar-refractivity contribution in [3.63, 3.8) is 0 Å². The Morgan fingerprint density at radius 3 is 2.57 bits per heavy atom. The Labute approximate surface area is 133 Å². The maximum atomic E-state index is 13.1. The van der Waals surface area contributed by atoms with Crippen LogP contribution >= 0.6 is 15.9 Å². The van der Waals surface area contributed by atoms with Crippen LogP contribution in [0.4, 0.5) is 5.69 Å². The van der Waals surface area contributed by atoms with Crippen LogP contribution < -0.4 is 10.2 Å². The molecule has 3 rings (SSSR count). The molecular weight excluding hydrogens is 332 g/mol. The number of halogens is 1. The van der Waals surface area contributed by atoms with Gasteiger partial charge in [-0.1, -0.05) is 19.1 Å². The van der Waals surface area contributed by atoms with E-state index in [1.165, 1.54) is 0 Å². The number of anilines is 1. The van der Waals surface area contributed by atoms with E-state index in [0.29, 0.717) is 6.42 Å². The fourth-order valence-corrected chi connectivity index (χ4v) is 3.61. The molecule has 2 atom stereocenters. The van der Waals surface area contributed by atoms with Crippen molar-refractivity contribution in [2.75, 3.05) is 4.90 Å². The standard InChI is InChI=1S/C16H19BrN2O2/c1-3-12-14(20)18-16(2,10-8-9-10)15(21)19(12)13-7-5-4-6-11(13)17/h4-7,10,12H,3,8-9H2,1-2H3,(H,18,20). The number of benzene rings is 1. The summed E-state index contributed by atoms with van der Waals surface area (Å²) in [5.41, 5.74) is 0.00830. The Hall–Kier alpha value is -1.36. The topological polar surface area (TPSA) is 49.4 Å². The van der Waals surface area contributed by atoms with Crippen molar-refractivity contribution in [1.82, 2.24) is 5.32 Å². The number of hydrogen-bond donors (Lipinski definition) is 1. The Kier molecular flexibility index (Phi) is 3.56. The number of amides is 2. The van der Waals surface area contributed by atoms with Crippen LogP contribution in [0.15, 0.2) is 28.7 Å². The van der Waals surface area contributed by atoms with Gasteiger partial charge in [-0.3, -0.25) is 14.5 Å². The molecule has 1 aromatic rings. The van der Waals surface area contributed by atoms with Gasteiger partial charge < -0.3 is 5.32 Å². The van der Waals surface area contributed by atoms with E-state index >= 15 is 0 Å². The van der Waals surface area contributed by atoms with Crippen LogP contribution in [0, 0.1) is 5.92 Å². The molecule has 0 bridgehead atoms. The van der Waals surface area contributed by atoms with Gasteiger partial charge in [-0.2, -0.15) is 0 Å². The molecule has 2 unspecified atom stereocenters. The number of piperazine rings is 1. The first-order valence-corrected chi connectivity index (χ1v) is 8.18. The molecule has 1 saturated heterocycles. The maximum Gasteiger partial charge on any atom is 0.253 e. The van der Waals surface area contributed by atoms with Crippen molar-refractivity contribution in [3.8, 4) is 0 Å². The van der Waals surface area contributed by atoms with Crippen molar-refractivity contribution in [1.29, 1.82) is 0 Å². The molecule has 1 aliphatic heterocycles. The molecule has 1 heterocycles. The summed E-state index contributed by atoms with van der Waals surface area (Å²) >= 11 is 3.50. The summed E-state index contributed by atoms with van der Waals surface area (Å²) < 4.78 is 0.838. The van der Waals surface area contributed by atoms with Crippen LogP contribution in [0.25, 0.3) is 0 Å². The summed E-state index contributed by atoms with van der Waals surface area (Å²) in [6, 6.07) is 7.14. The third-order valence-corrected chi connectivity index (χ3v) is 5.22. The summed E-state index contributed by atoms with van der Waals surface area (Å²) in [5.74, 6) is 0.211. The third kappa shape index (κ3) is 2.27. The lowest BCUT2D eigenvalue weighted by molar-refractivity contribution is -0.138. The van der Waals surface area contributed by atoms with Gasteiger partial charge in [0, 0.05) is 4.47 Å². The summed E-state index contributed by atoms with van der Waals surface area (Å²) in [6.45, 7) is 3.79. The van der Waals surface area contributed by atoms with Gasteiger partial charge in [-0.05, 0) is 60.2 Å². The van der Waals surface area contributed by atoms with E-state index in [9.17, 15) is 9.59 Å². The second kappa shape index (κ2) is 5.13. The van der Waals surface area contributed by atoms with Crippen LogP contribution in [0.1, 0.15) is 33.1 Å². The molecule has 0 radical (unpaired) electrons.